The van der Waals surface area contributed by atoms with Crippen molar-refractivity contribution >= 4 is 198 Å². The van der Waals surface area contributed by atoms with E-state index in [1.807, 2.05) is 61.5 Å². The van der Waals surface area contributed by atoms with Crippen LogP contribution in [0.15, 0.2) is 134 Å². The highest BCUT2D eigenvalue weighted by Crippen LogP contribution is 2.46. The Morgan fingerprint density at radius 2 is 0.577 bits per heavy atom. The van der Waals surface area contributed by atoms with Gasteiger partial charge in [-0.15, -0.1) is 0 Å². The van der Waals surface area contributed by atoms with Gasteiger partial charge in [0.05, 0.1) is 74.8 Å². The van der Waals surface area contributed by atoms with Crippen molar-refractivity contribution < 1.29 is 9.84 Å². The van der Waals surface area contributed by atoms with E-state index in [1.165, 1.54) is 12.1 Å². The molecule has 0 spiro atoms. The number of nitrogens with two attached hydrogens (primary N) is 12. The summed E-state index contributed by atoms with van der Waals surface area (Å²) >= 11 is 68.0. The lowest BCUT2D eigenvalue weighted by molar-refractivity contribution is 0.258. The van der Waals surface area contributed by atoms with Crippen LogP contribution in [0.5, 0.6) is 11.5 Å². The maximum atomic E-state index is 9.73. The molecule has 18 rings (SSSR count). The Morgan fingerprint density at radius 1 is 0.303 bits per heavy atom. The van der Waals surface area contributed by atoms with Gasteiger partial charge in [0.2, 0.25) is 23.8 Å². The molecule has 6 saturated heterocycles. The summed E-state index contributed by atoms with van der Waals surface area (Å²) in [6, 6.07) is 28.3. The van der Waals surface area contributed by atoms with Crippen LogP contribution in [0.25, 0.3) is 67.0 Å². The molecule has 25 N–H and O–H groups in total. The van der Waals surface area contributed by atoms with E-state index in [1.54, 1.807) is 74.6 Å². The minimum absolute atomic E-state index is 0.00105. The molecule has 12 heterocycles. The fourth-order valence-electron chi connectivity index (χ4n) is 16.7. The molecule has 0 radical (unpaired) electrons. The Labute approximate surface area is 883 Å². The lowest BCUT2D eigenvalue weighted by Gasteiger charge is -2.39. The first-order valence-electron chi connectivity index (χ1n) is 46.3. The van der Waals surface area contributed by atoms with Crippen molar-refractivity contribution in [2.75, 3.05) is 156 Å². The van der Waals surface area contributed by atoms with Gasteiger partial charge in [0.15, 0.2) is 11.6 Å². The number of piperidine rings is 6. The third-order valence-corrected chi connectivity index (χ3v) is 31.1. The normalized spacial score (nSPS) is 17.1. The number of hydrogen-bond acceptors (Lipinski definition) is 32. The quantitative estimate of drug-likeness (QED) is 0.0481. The number of halogens is 11. The van der Waals surface area contributed by atoms with Gasteiger partial charge < -0.3 is 108 Å². The summed E-state index contributed by atoms with van der Waals surface area (Å²) in [5.41, 5.74) is 81.9. The van der Waals surface area contributed by atoms with Gasteiger partial charge in [0.25, 0.3) is 0 Å². The summed E-state index contributed by atoms with van der Waals surface area (Å²) in [5, 5.41) is 14.5. The monoisotopic (exact) mass is 2150 g/mol. The van der Waals surface area contributed by atoms with E-state index >= 15 is 0 Å². The fourth-order valence-corrected chi connectivity index (χ4v) is 18.9. The smallest absolute Gasteiger partial charge is 0.227 e. The van der Waals surface area contributed by atoms with Gasteiger partial charge in [-0.25, -0.2) is 39.9 Å². The molecule has 756 valence electrons. The van der Waals surface area contributed by atoms with Gasteiger partial charge >= 0.3 is 0 Å². The number of aromatic nitrogens is 12. The van der Waals surface area contributed by atoms with E-state index in [9.17, 15) is 5.11 Å². The number of anilines is 12. The first-order valence-corrected chi connectivity index (χ1v) is 50.5. The van der Waals surface area contributed by atoms with Crippen LogP contribution in [-0.4, -0.2) is 185 Å². The number of nitrogens with zero attached hydrogens (tertiary/aromatic N) is 18. The van der Waals surface area contributed by atoms with Gasteiger partial charge in [-0.3, -0.25) is 0 Å². The molecule has 12 aromatic rings. The zero-order valence-electron chi connectivity index (χ0n) is 80.4. The average Bonchev–Trinajstić information content (AvgIpc) is 0.822. The molecule has 0 aliphatic carbocycles. The number of ether oxygens (including phenoxy) is 1. The number of methoxy groups -OCH3 is 1. The van der Waals surface area contributed by atoms with Crippen molar-refractivity contribution in [2.24, 2.45) is 39.8 Å². The van der Waals surface area contributed by atoms with Gasteiger partial charge in [0, 0.05) is 199 Å². The Morgan fingerprint density at radius 3 is 0.894 bits per heavy atom. The average molecular weight is 2150 g/mol. The molecular weight excluding hydrogens is 2030 g/mol. The van der Waals surface area contributed by atoms with Crippen molar-refractivity contribution in [3.05, 3.63) is 195 Å². The first kappa shape index (κ1) is 109. The molecule has 6 fully saturated rings. The second-order valence-corrected chi connectivity index (χ2v) is 42.8. The zero-order valence-corrected chi connectivity index (χ0v) is 88.7. The second kappa shape index (κ2) is 46.6. The van der Waals surface area contributed by atoms with E-state index in [0.717, 1.165) is 189 Å². The predicted octanol–water partition coefficient (Wildman–Crippen LogP) is 19.7. The minimum Gasteiger partial charge on any atom is -0.508 e. The fraction of sp³-hybridized carbons (Fsp3) is 0.394. The molecule has 6 aliphatic rings. The van der Waals surface area contributed by atoms with Crippen LogP contribution < -0.4 is 103 Å². The lowest BCUT2D eigenvalue weighted by Crippen LogP contribution is -2.48. The lowest BCUT2D eigenvalue weighted by atomic mass is 9.80. The molecule has 0 saturated carbocycles. The summed E-state index contributed by atoms with van der Waals surface area (Å²) in [6.07, 6.45) is 21.2. The van der Waals surface area contributed by atoms with Crippen LogP contribution in [0.4, 0.5) is 70.3 Å². The highest BCUT2D eigenvalue weighted by Gasteiger charge is 2.36. The summed E-state index contributed by atoms with van der Waals surface area (Å²) in [5.74, 6) is 6.74. The molecule has 0 bridgehead atoms. The molecule has 0 amide bonds. The molecule has 32 nitrogen and oxygen atoms in total. The maximum absolute atomic E-state index is 9.73. The molecule has 0 atom stereocenters. The van der Waals surface area contributed by atoms with Gasteiger partial charge in [-0.05, 0) is 166 Å². The molecule has 6 aromatic carbocycles. The van der Waals surface area contributed by atoms with Gasteiger partial charge in [-0.2, -0.15) is 19.9 Å². The van der Waals surface area contributed by atoms with Crippen LogP contribution in [0.2, 0.25) is 55.2 Å². The minimum atomic E-state index is -0.145. The van der Waals surface area contributed by atoms with Crippen molar-refractivity contribution in [3.8, 4) is 78.5 Å². The molecule has 142 heavy (non-hydrogen) atoms. The van der Waals surface area contributed by atoms with Crippen LogP contribution in [-0.2, 0) is 0 Å². The zero-order chi connectivity index (χ0) is 103. The van der Waals surface area contributed by atoms with Crippen LogP contribution >= 0.6 is 128 Å². The number of phenols is 1. The predicted molar refractivity (Wildman–Crippen MR) is 588 cm³/mol. The number of rotatable bonds is 14. The third-order valence-electron chi connectivity index (χ3n) is 26.5. The number of benzene rings is 6. The van der Waals surface area contributed by atoms with E-state index in [4.69, 9.17) is 201 Å². The van der Waals surface area contributed by atoms with E-state index in [2.05, 4.69) is 131 Å². The summed E-state index contributed by atoms with van der Waals surface area (Å²) in [6.45, 7) is 25.3. The third kappa shape index (κ3) is 27.4. The summed E-state index contributed by atoms with van der Waals surface area (Å²) in [4.78, 5) is 66.3. The molecule has 43 heteroatoms. The Kier molecular flexibility index (Phi) is 35.8. The number of aryl methyl sites for hydroxylation is 1. The Balaban J connectivity index is 0.000000143. The topological polar surface area (TPSA) is 516 Å². The number of aromatic hydroxyl groups is 1. The van der Waals surface area contributed by atoms with Crippen LogP contribution in [0, 0.1) is 12.3 Å². The van der Waals surface area contributed by atoms with Gasteiger partial charge in [0.1, 0.15) is 57.8 Å². The molecular formula is C99H121Cl11N30O2. The van der Waals surface area contributed by atoms with E-state index in [-0.39, 0.29) is 49.7 Å². The number of nitrogen functional groups attached to an aromatic ring is 6. The molecule has 6 aromatic heterocycles. The second-order valence-electron chi connectivity index (χ2n) is 38.5. The summed E-state index contributed by atoms with van der Waals surface area (Å²) in [7, 11) is 1.56. The molecule has 6 aliphatic heterocycles. The van der Waals surface area contributed by atoms with Crippen molar-refractivity contribution in [2.45, 2.75) is 153 Å². The number of phenolic OH excluding ortho intramolecular Hbond substituents is 1. The van der Waals surface area contributed by atoms with E-state index < -0.39 is 0 Å². The van der Waals surface area contributed by atoms with Crippen LogP contribution in [0.1, 0.15) is 124 Å². The van der Waals surface area contributed by atoms with Crippen molar-refractivity contribution in [1.82, 2.24) is 59.8 Å². The maximum Gasteiger partial charge on any atom is 0.227 e. The SMILES string of the molecule is CC1(CN)CCN(c2cnc(-c3cccc(Cl)c3Cl)c(N)n2)CC1.CC1(N)CCN(c2cnc(-c3cccc(Cl)c3Cl)c(N)n2)CC1.CC1(N)CCN(c2ncc(-c3cc(O)cc(Cl)c3Cl)c(N)n2)CC1.CC1(N)CCN(c2ncc(-c3cccc(Cl)c3Cl)c(N)n2)CC1.COc1cc(Cl)c(Cl)c(-c2cnc(N3CCC(C)(N)CC3)nc2N)c1.Cc1cccc(-c2cnc(N3CCC(C)(N)CC3)nc2N)c1Cl. The van der Waals surface area contributed by atoms with E-state index in [0.29, 0.717) is 166 Å². The standard InChI is InChI=1S/C17H21Cl2N5O.C17H21Cl2N5.C17H22ClN5.C16H19Cl2N5O.2C16H19Cl2N5/c1-17(21)3-5-24(6-4-17)16-22-9-12(15(20)23-16)11-7-10(25-2)8-13(18)14(11)19;1-17(10-20)5-7-24(8-6-17)13-9-22-15(16(21)23-13)11-3-2-4-12(18)14(11)19;1-11-4-3-5-12(14(11)18)13-10-21-16(22-15(13)19)23-8-6-17(2,20)7-9-23;1-16(20)2-4-23(5-3-16)15-21-8-11(14(19)22-15)10-6-9(24)7-12(17)13(10)18;1-16(20)5-7-23(8-6-16)15-21-9-11(14(19)22-15)10-3-2-4-12(17)13(10)18;1-16(20)5-7-23(8-6-16)12-9-21-14(15(19)22-12)10-3-2-4-11(17)13(10)18/h7-9H,3-6,21H2,1-2H3,(H2,20,22,23);2-4,9H,5-8,10,20H2,1H3,(H2,21,23);3-5,10H,6-9,20H2,1-2H3,(H2,19,21,22);6-8,24H,2-5,20H2,1H3,(H2,19,21,22);2-4,9H,5-8,20H2,1H3,(H2,19,21,22);2-4,9H,5-8,20H2,1H3,(H2,19,22). The Hall–Kier alpha value is -10.1. The molecule has 0 unspecified atom stereocenters. The highest BCUT2D eigenvalue weighted by molar-refractivity contribution is 6.46. The largest absolute Gasteiger partial charge is 0.508 e. The van der Waals surface area contributed by atoms with Crippen molar-refractivity contribution in [1.29, 1.82) is 0 Å². The highest BCUT2D eigenvalue weighted by atomic mass is 35.5. The first-order chi connectivity index (χ1) is 67.1. The number of hydrogen-bond donors (Lipinski definition) is 13. The van der Waals surface area contributed by atoms with Gasteiger partial charge in [-0.1, -0.05) is 189 Å². The van der Waals surface area contributed by atoms with Crippen LogP contribution in [0.3, 0.4) is 0 Å². The van der Waals surface area contributed by atoms with Crippen molar-refractivity contribution in [3.63, 3.8) is 0 Å². The summed E-state index contributed by atoms with van der Waals surface area (Å²) < 4.78 is 5.25. The Bertz CT molecular complexity index is 6150.